The first-order chi connectivity index (χ1) is 13.5. The normalized spacial score (nSPS) is 12.1. The first-order valence-electron chi connectivity index (χ1n) is 9.94. The number of ether oxygens (including phenoxy) is 1. The maximum Gasteiger partial charge on any atom is 0.220 e. The second kappa shape index (κ2) is 8.91. The molecule has 1 heterocycles. The SMILES string of the molecule is CCCC(=O)NC(C)c1nc2ccccc2n1CCOc1cc(C)ccc1C. The predicted molar refractivity (Wildman–Crippen MR) is 113 cm³/mol. The molecule has 1 aromatic heterocycles. The van der Waals surface area contributed by atoms with E-state index in [1.165, 1.54) is 5.56 Å². The van der Waals surface area contributed by atoms with Gasteiger partial charge in [-0.05, 0) is 56.5 Å². The van der Waals surface area contributed by atoms with Gasteiger partial charge in [0.25, 0.3) is 0 Å². The van der Waals surface area contributed by atoms with Gasteiger partial charge in [0, 0.05) is 6.42 Å². The monoisotopic (exact) mass is 379 g/mol. The quantitative estimate of drug-likeness (QED) is 0.617. The first-order valence-corrected chi connectivity index (χ1v) is 9.94. The molecule has 3 rings (SSSR count). The van der Waals surface area contributed by atoms with E-state index in [1.54, 1.807) is 0 Å². The van der Waals surface area contributed by atoms with Crippen LogP contribution < -0.4 is 10.1 Å². The van der Waals surface area contributed by atoms with Crippen molar-refractivity contribution in [1.29, 1.82) is 0 Å². The summed E-state index contributed by atoms with van der Waals surface area (Å²) in [6.45, 7) is 9.30. The molecule has 148 valence electrons. The van der Waals surface area contributed by atoms with E-state index in [2.05, 4.69) is 48.0 Å². The van der Waals surface area contributed by atoms with Crippen LogP contribution >= 0.6 is 0 Å². The van der Waals surface area contributed by atoms with Crippen LogP contribution in [0.25, 0.3) is 11.0 Å². The molecule has 0 aliphatic rings. The van der Waals surface area contributed by atoms with E-state index in [4.69, 9.17) is 9.72 Å². The van der Waals surface area contributed by atoms with Crippen LogP contribution in [-0.2, 0) is 11.3 Å². The van der Waals surface area contributed by atoms with Gasteiger partial charge in [-0.15, -0.1) is 0 Å². The maximum atomic E-state index is 12.0. The topological polar surface area (TPSA) is 56.2 Å². The lowest BCUT2D eigenvalue weighted by Crippen LogP contribution is -2.28. The maximum absolute atomic E-state index is 12.0. The largest absolute Gasteiger partial charge is 0.491 e. The van der Waals surface area contributed by atoms with Crippen LogP contribution in [0.3, 0.4) is 0 Å². The number of hydrogen-bond acceptors (Lipinski definition) is 3. The number of fused-ring (bicyclic) bond motifs is 1. The average Bonchev–Trinajstić information content (AvgIpc) is 3.04. The molecule has 5 nitrogen and oxygen atoms in total. The summed E-state index contributed by atoms with van der Waals surface area (Å²) < 4.78 is 8.21. The van der Waals surface area contributed by atoms with Crippen molar-refractivity contribution in [2.75, 3.05) is 6.61 Å². The lowest BCUT2D eigenvalue weighted by atomic mass is 10.1. The van der Waals surface area contributed by atoms with E-state index < -0.39 is 0 Å². The zero-order valence-corrected chi connectivity index (χ0v) is 17.2. The summed E-state index contributed by atoms with van der Waals surface area (Å²) in [4.78, 5) is 16.8. The Labute approximate surface area is 166 Å². The number of para-hydroxylation sites is 2. The highest BCUT2D eigenvalue weighted by molar-refractivity contribution is 5.78. The number of carbonyl (C=O) groups excluding carboxylic acids is 1. The molecule has 5 heteroatoms. The third-order valence-electron chi connectivity index (χ3n) is 4.84. The minimum atomic E-state index is -0.160. The highest BCUT2D eigenvalue weighted by Crippen LogP contribution is 2.22. The molecule has 0 aliphatic carbocycles. The molecular weight excluding hydrogens is 350 g/mol. The van der Waals surface area contributed by atoms with Gasteiger partial charge < -0.3 is 14.6 Å². The molecule has 0 spiro atoms. The summed E-state index contributed by atoms with van der Waals surface area (Å²) >= 11 is 0. The predicted octanol–water partition coefficient (Wildman–Crippen LogP) is 4.71. The van der Waals surface area contributed by atoms with Crippen molar-refractivity contribution in [1.82, 2.24) is 14.9 Å². The van der Waals surface area contributed by atoms with Gasteiger partial charge in [-0.1, -0.05) is 31.2 Å². The first kappa shape index (κ1) is 19.9. The van der Waals surface area contributed by atoms with E-state index >= 15 is 0 Å². The number of carbonyl (C=O) groups is 1. The van der Waals surface area contributed by atoms with E-state index in [-0.39, 0.29) is 11.9 Å². The number of rotatable bonds is 8. The minimum Gasteiger partial charge on any atom is -0.491 e. The molecule has 1 N–H and O–H groups in total. The molecule has 1 atom stereocenters. The van der Waals surface area contributed by atoms with Crippen LogP contribution in [0.2, 0.25) is 0 Å². The Bertz CT molecular complexity index is 962. The van der Waals surface area contributed by atoms with Crippen molar-refractivity contribution in [3.8, 4) is 5.75 Å². The Kier molecular flexibility index (Phi) is 6.34. The third kappa shape index (κ3) is 4.53. The van der Waals surface area contributed by atoms with Crippen molar-refractivity contribution in [2.45, 2.75) is 53.1 Å². The number of nitrogens with one attached hydrogen (secondary N) is 1. The molecule has 0 fully saturated rings. The van der Waals surface area contributed by atoms with E-state index in [9.17, 15) is 4.79 Å². The Hall–Kier alpha value is -2.82. The van der Waals surface area contributed by atoms with Gasteiger partial charge in [0.05, 0.1) is 23.6 Å². The lowest BCUT2D eigenvalue weighted by Gasteiger charge is -2.17. The van der Waals surface area contributed by atoms with Crippen molar-refractivity contribution >= 4 is 16.9 Å². The average molecular weight is 380 g/mol. The van der Waals surface area contributed by atoms with Crippen molar-refractivity contribution in [3.05, 3.63) is 59.4 Å². The lowest BCUT2D eigenvalue weighted by molar-refractivity contribution is -0.121. The van der Waals surface area contributed by atoms with Crippen LogP contribution in [0.15, 0.2) is 42.5 Å². The van der Waals surface area contributed by atoms with Crippen LogP contribution in [0.1, 0.15) is 49.7 Å². The second-order valence-electron chi connectivity index (χ2n) is 7.27. The van der Waals surface area contributed by atoms with Crippen molar-refractivity contribution in [3.63, 3.8) is 0 Å². The number of nitrogens with zero attached hydrogens (tertiary/aromatic N) is 2. The highest BCUT2D eigenvalue weighted by atomic mass is 16.5. The number of aryl methyl sites for hydroxylation is 2. The Morgan fingerprint density at radius 2 is 2.00 bits per heavy atom. The molecule has 0 saturated carbocycles. The summed E-state index contributed by atoms with van der Waals surface area (Å²) in [5.41, 5.74) is 4.29. The third-order valence-corrected chi connectivity index (χ3v) is 4.84. The molecule has 3 aromatic rings. The van der Waals surface area contributed by atoms with E-state index in [0.29, 0.717) is 19.6 Å². The molecular formula is C23H29N3O2. The fourth-order valence-corrected chi connectivity index (χ4v) is 3.37. The molecule has 28 heavy (non-hydrogen) atoms. The van der Waals surface area contributed by atoms with Gasteiger partial charge in [0.15, 0.2) is 0 Å². The standard InChI is InChI=1S/C23H29N3O2/c1-5-8-22(27)24-18(4)23-25-19-9-6-7-10-20(19)26(23)13-14-28-21-15-16(2)11-12-17(21)3/h6-7,9-12,15,18H,5,8,13-14H2,1-4H3,(H,24,27). The molecule has 0 bridgehead atoms. The number of benzene rings is 2. The summed E-state index contributed by atoms with van der Waals surface area (Å²) in [5.74, 6) is 1.82. The zero-order chi connectivity index (χ0) is 20.1. The van der Waals surface area contributed by atoms with Gasteiger partial charge in [-0.2, -0.15) is 0 Å². The van der Waals surface area contributed by atoms with Gasteiger partial charge in [0.1, 0.15) is 18.2 Å². The summed E-state index contributed by atoms with van der Waals surface area (Å²) in [6, 6.07) is 14.1. The summed E-state index contributed by atoms with van der Waals surface area (Å²) in [5, 5.41) is 3.06. The fraction of sp³-hybridized carbons (Fsp3) is 0.391. The van der Waals surface area contributed by atoms with Crippen molar-refractivity contribution < 1.29 is 9.53 Å². The van der Waals surface area contributed by atoms with Crippen LogP contribution in [0.5, 0.6) is 5.75 Å². The van der Waals surface area contributed by atoms with Gasteiger partial charge in [0.2, 0.25) is 5.91 Å². The Balaban J connectivity index is 1.80. The number of amides is 1. The number of aromatic nitrogens is 2. The number of imidazole rings is 1. The minimum absolute atomic E-state index is 0.0558. The summed E-state index contributed by atoms with van der Waals surface area (Å²) in [7, 11) is 0. The molecule has 1 unspecified atom stereocenters. The van der Waals surface area contributed by atoms with Gasteiger partial charge in [-0.3, -0.25) is 4.79 Å². The van der Waals surface area contributed by atoms with Crippen LogP contribution in [0.4, 0.5) is 0 Å². The zero-order valence-electron chi connectivity index (χ0n) is 17.2. The fourth-order valence-electron chi connectivity index (χ4n) is 3.37. The Morgan fingerprint density at radius 1 is 1.21 bits per heavy atom. The van der Waals surface area contributed by atoms with Gasteiger partial charge in [-0.25, -0.2) is 4.98 Å². The number of hydrogen-bond donors (Lipinski definition) is 1. The smallest absolute Gasteiger partial charge is 0.220 e. The second-order valence-corrected chi connectivity index (χ2v) is 7.27. The van der Waals surface area contributed by atoms with E-state index in [0.717, 1.165) is 34.6 Å². The molecule has 0 saturated heterocycles. The molecule has 2 aromatic carbocycles. The van der Waals surface area contributed by atoms with Crippen molar-refractivity contribution in [2.24, 2.45) is 0 Å². The molecule has 1 amide bonds. The highest BCUT2D eigenvalue weighted by Gasteiger charge is 2.18. The summed E-state index contributed by atoms with van der Waals surface area (Å²) in [6.07, 6.45) is 1.36. The van der Waals surface area contributed by atoms with E-state index in [1.807, 2.05) is 32.0 Å². The van der Waals surface area contributed by atoms with Crippen LogP contribution in [0, 0.1) is 13.8 Å². The molecule has 0 aliphatic heterocycles. The Morgan fingerprint density at radius 3 is 2.79 bits per heavy atom. The van der Waals surface area contributed by atoms with Crippen LogP contribution in [-0.4, -0.2) is 22.1 Å². The van der Waals surface area contributed by atoms with Gasteiger partial charge >= 0.3 is 0 Å². The molecule has 0 radical (unpaired) electrons.